The standard InChI is InChI=1S/C40H41BrN4O3S/c1-4-26-44(49(46,47)39-42-25-28-43(39)3)29-36-38(31-21-23-35(41)24-22-31)37(45(36)27-5-2)30-48-40(32-15-9-6-10-16-32,33-17-11-7-12-18-33)34-19-13-8-14-20-34/h4-25,28,36-38H,1-2,26-27,29-30H2,3H3/t36-,37+,38-/m0/s1. The van der Waals surface area contributed by atoms with Crippen LogP contribution in [0.2, 0.25) is 0 Å². The second-order valence-corrected chi connectivity index (χ2v) is 15.0. The van der Waals surface area contributed by atoms with Crippen molar-refractivity contribution >= 4 is 26.0 Å². The number of imidazole rings is 1. The van der Waals surface area contributed by atoms with Gasteiger partial charge in [-0.15, -0.1) is 13.2 Å². The highest BCUT2D eigenvalue weighted by Crippen LogP contribution is 2.46. The molecule has 0 N–H and O–H groups in total. The first-order valence-corrected chi connectivity index (χ1v) is 18.6. The number of nitrogens with zero attached hydrogens (tertiary/aromatic N) is 4. The molecule has 1 aromatic heterocycles. The summed E-state index contributed by atoms with van der Waals surface area (Å²) in [7, 11) is -2.22. The third kappa shape index (κ3) is 6.87. The maximum atomic E-state index is 14.0. The van der Waals surface area contributed by atoms with E-state index in [1.165, 1.54) is 15.1 Å². The SMILES string of the molecule is C=CCN1[C@H](COC(c2ccccc2)(c2ccccc2)c2ccccc2)[C@@H](c2ccc(Br)cc2)[C@@H]1CN(CC=C)S(=O)(=O)c1nccn1C. The number of halogens is 1. The van der Waals surface area contributed by atoms with Gasteiger partial charge in [0.1, 0.15) is 5.60 Å². The summed E-state index contributed by atoms with van der Waals surface area (Å²) in [6.45, 7) is 9.29. The number of benzene rings is 4. The summed E-state index contributed by atoms with van der Waals surface area (Å²) in [6.07, 6.45) is 6.65. The molecule has 1 fully saturated rings. The summed E-state index contributed by atoms with van der Waals surface area (Å²) in [4.78, 5) is 6.50. The lowest BCUT2D eigenvalue weighted by atomic mass is 9.74. The van der Waals surface area contributed by atoms with Crippen LogP contribution >= 0.6 is 15.9 Å². The van der Waals surface area contributed by atoms with Crippen molar-refractivity contribution in [2.24, 2.45) is 7.05 Å². The zero-order valence-corrected chi connectivity index (χ0v) is 30.0. The van der Waals surface area contributed by atoms with Crippen LogP contribution in [0.15, 0.2) is 163 Å². The Balaban J connectivity index is 1.42. The molecule has 4 aromatic carbocycles. The van der Waals surface area contributed by atoms with Crippen LogP contribution in [0, 0.1) is 0 Å². The Kier molecular flexibility index (Phi) is 10.8. The summed E-state index contributed by atoms with van der Waals surface area (Å²) >= 11 is 3.60. The zero-order chi connectivity index (χ0) is 34.4. The summed E-state index contributed by atoms with van der Waals surface area (Å²) in [6, 6.07) is 39.1. The van der Waals surface area contributed by atoms with E-state index in [-0.39, 0.29) is 36.2 Å². The van der Waals surface area contributed by atoms with Gasteiger partial charge in [-0.05, 0) is 34.4 Å². The van der Waals surface area contributed by atoms with Crippen molar-refractivity contribution in [3.63, 3.8) is 0 Å². The molecule has 6 rings (SSSR count). The third-order valence-corrected chi connectivity index (χ3v) is 11.7. The smallest absolute Gasteiger partial charge is 0.277 e. The fourth-order valence-corrected chi connectivity index (χ4v) is 8.86. The topological polar surface area (TPSA) is 67.7 Å². The van der Waals surface area contributed by atoms with Crippen LogP contribution in [-0.2, 0) is 27.4 Å². The number of aromatic nitrogens is 2. The average Bonchev–Trinajstić information content (AvgIpc) is 3.58. The van der Waals surface area contributed by atoms with E-state index in [2.05, 4.69) is 87.5 Å². The van der Waals surface area contributed by atoms with Gasteiger partial charge >= 0.3 is 0 Å². The zero-order valence-electron chi connectivity index (χ0n) is 27.6. The molecule has 0 saturated carbocycles. The first-order valence-electron chi connectivity index (χ1n) is 16.3. The molecule has 0 amide bonds. The molecule has 9 heteroatoms. The number of sulfonamides is 1. The van der Waals surface area contributed by atoms with Gasteiger partial charge < -0.3 is 9.30 Å². The molecular formula is C40H41BrN4O3S. The third-order valence-electron chi connectivity index (χ3n) is 9.36. The van der Waals surface area contributed by atoms with Crippen LogP contribution in [0.5, 0.6) is 0 Å². The van der Waals surface area contributed by atoms with Gasteiger partial charge in [-0.2, -0.15) is 4.31 Å². The highest BCUT2D eigenvalue weighted by atomic mass is 79.9. The molecule has 7 nitrogen and oxygen atoms in total. The minimum Gasteiger partial charge on any atom is -0.359 e. The van der Waals surface area contributed by atoms with Gasteiger partial charge in [-0.3, -0.25) is 4.90 Å². The van der Waals surface area contributed by atoms with E-state index in [1.54, 1.807) is 19.3 Å². The van der Waals surface area contributed by atoms with Gasteiger partial charge in [0, 0.05) is 61.5 Å². The number of hydrogen-bond donors (Lipinski definition) is 0. The summed E-state index contributed by atoms with van der Waals surface area (Å²) in [5.74, 6) is -0.0445. The van der Waals surface area contributed by atoms with E-state index in [9.17, 15) is 8.42 Å². The Morgan fingerprint density at radius 1 is 0.837 bits per heavy atom. The number of rotatable bonds is 15. The molecule has 1 aliphatic rings. The highest BCUT2D eigenvalue weighted by molar-refractivity contribution is 9.10. The maximum Gasteiger partial charge on any atom is 0.277 e. The van der Waals surface area contributed by atoms with E-state index in [1.807, 2.05) is 72.8 Å². The van der Waals surface area contributed by atoms with Crippen molar-refractivity contribution in [1.82, 2.24) is 18.8 Å². The molecule has 5 aromatic rings. The number of hydrogen-bond acceptors (Lipinski definition) is 5. The van der Waals surface area contributed by atoms with Crippen LogP contribution in [0.25, 0.3) is 0 Å². The van der Waals surface area contributed by atoms with Gasteiger partial charge in [-0.1, -0.05) is 131 Å². The first kappa shape index (κ1) is 34.7. The lowest BCUT2D eigenvalue weighted by molar-refractivity contribution is -0.0913. The molecule has 49 heavy (non-hydrogen) atoms. The Morgan fingerprint density at radius 3 is 1.86 bits per heavy atom. The van der Waals surface area contributed by atoms with E-state index < -0.39 is 15.6 Å². The molecule has 0 aliphatic carbocycles. The average molecular weight is 738 g/mol. The minimum absolute atomic E-state index is 0.00221. The molecule has 2 heterocycles. The molecule has 252 valence electrons. The van der Waals surface area contributed by atoms with Crippen molar-refractivity contribution in [2.75, 3.05) is 26.2 Å². The molecule has 3 atom stereocenters. The van der Waals surface area contributed by atoms with Crippen molar-refractivity contribution in [3.8, 4) is 0 Å². The Morgan fingerprint density at radius 2 is 1.39 bits per heavy atom. The van der Waals surface area contributed by atoms with Gasteiger partial charge in [0.25, 0.3) is 10.0 Å². The van der Waals surface area contributed by atoms with Crippen molar-refractivity contribution in [3.05, 3.63) is 180 Å². The van der Waals surface area contributed by atoms with Gasteiger partial charge in [-0.25, -0.2) is 13.4 Å². The number of ether oxygens (including phenoxy) is 1. The molecule has 1 saturated heterocycles. The maximum absolute atomic E-state index is 14.0. The molecule has 0 bridgehead atoms. The fourth-order valence-electron chi connectivity index (χ4n) is 7.10. The Bertz CT molecular complexity index is 1850. The second-order valence-electron chi connectivity index (χ2n) is 12.2. The van der Waals surface area contributed by atoms with Gasteiger partial charge in [0.15, 0.2) is 0 Å². The second kappa shape index (κ2) is 15.2. The molecule has 0 radical (unpaired) electrons. The normalized spacial score (nSPS) is 18.2. The van der Waals surface area contributed by atoms with Crippen LogP contribution in [0.1, 0.15) is 28.2 Å². The van der Waals surface area contributed by atoms with E-state index in [0.717, 1.165) is 26.7 Å². The van der Waals surface area contributed by atoms with Gasteiger partial charge in [0.05, 0.1) is 6.61 Å². The molecule has 1 aliphatic heterocycles. The monoisotopic (exact) mass is 736 g/mol. The van der Waals surface area contributed by atoms with Crippen LogP contribution in [0.3, 0.4) is 0 Å². The largest absolute Gasteiger partial charge is 0.359 e. The van der Waals surface area contributed by atoms with Crippen LogP contribution < -0.4 is 0 Å². The summed E-state index contributed by atoms with van der Waals surface area (Å²) < 4.78 is 39.3. The summed E-state index contributed by atoms with van der Waals surface area (Å²) in [5, 5.41) is 0.00221. The number of aryl methyl sites for hydroxylation is 1. The van der Waals surface area contributed by atoms with E-state index in [0.29, 0.717) is 13.2 Å². The van der Waals surface area contributed by atoms with E-state index in [4.69, 9.17) is 4.74 Å². The van der Waals surface area contributed by atoms with Crippen molar-refractivity contribution in [2.45, 2.75) is 28.8 Å². The highest BCUT2D eigenvalue weighted by Gasteiger charge is 2.51. The first-order chi connectivity index (χ1) is 23.8. The predicted octanol–water partition coefficient (Wildman–Crippen LogP) is 7.39. The summed E-state index contributed by atoms with van der Waals surface area (Å²) in [5.41, 5.74) is 3.29. The van der Waals surface area contributed by atoms with Crippen molar-refractivity contribution < 1.29 is 13.2 Å². The lowest BCUT2D eigenvalue weighted by Gasteiger charge is -2.57. The fraction of sp³-hybridized carbons (Fsp3) is 0.225. The van der Waals surface area contributed by atoms with Crippen molar-refractivity contribution in [1.29, 1.82) is 0 Å². The Hall–Kier alpha value is -4.12. The molecule has 0 unspecified atom stereocenters. The number of likely N-dealkylation sites (tertiary alicyclic amines) is 1. The van der Waals surface area contributed by atoms with Crippen LogP contribution in [0.4, 0.5) is 0 Å². The quantitative estimate of drug-likeness (QED) is 0.0829. The molecule has 0 spiro atoms. The molecular weight excluding hydrogens is 696 g/mol. The predicted molar refractivity (Wildman–Crippen MR) is 199 cm³/mol. The van der Waals surface area contributed by atoms with Gasteiger partial charge in [0.2, 0.25) is 5.16 Å². The van der Waals surface area contributed by atoms with Crippen LogP contribution in [-0.4, -0.2) is 65.5 Å². The Labute approximate surface area is 298 Å². The lowest BCUT2D eigenvalue weighted by Crippen LogP contribution is -2.67. The van der Waals surface area contributed by atoms with E-state index >= 15 is 0 Å². The minimum atomic E-state index is -3.91.